The summed E-state index contributed by atoms with van der Waals surface area (Å²) in [5.41, 5.74) is 4.69. The van der Waals surface area contributed by atoms with Gasteiger partial charge in [0, 0.05) is 12.0 Å². The highest BCUT2D eigenvalue weighted by Gasteiger charge is 2.29. The summed E-state index contributed by atoms with van der Waals surface area (Å²) in [6.07, 6.45) is -0.542. The molecule has 0 saturated heterocycles. The van der Waals surface area contributed by atoms with Crippen LogP contribution in [0.25, 0.3) is 11.1 Å². The number of carbonyl (C=O) groups excluding carboxylic acids is 2. The fraction of sp³-hybridized carbons (Fsp3) is 0.300. The Morgan fingerprint density at radius 2 is 1.56 bits per heavy atom. The number of fused-ring (bicyclic) bond motifs is 3. The Morgan fingerprint density at radius 1 is 1.04 bits per heavy atom. The molecular formula is C20H20ClNO3. The predicted octanol–water partition coefficient (Wildman–Crippen LogP) is 4.32. The van der Waals surface area contributed by atoms with Crippen molar-refractivity contribution in [1.82, 2.24) is 5.32 Å². The molecule has 2 aromatic carbocycles. The van der Waals surface area contributed by atoms with Crippen LogP contribution in [0.15, 0.2) is 48.5 Å². The van der Waals surface area contributed by atoms with Crippen LogP contribution >= 0.6 is 11.6 Å². The van der Waals surface area contributed by atoms with E-state index in [0.717, 1.165) is 11.1 Å². The topological polar surface area (TPSA) is 55.4 Å². The maximum Gasteiger partial charge on any atom is 0.407 e. The Bertz CT molecular complexity index is 760. The van der Waals surface area contributed by atoms with Crippen LogP contribution in [-0.2, 0) is 9.53 Å². The van der Waals surface area contributed by atoms with Crippen LogP contribution in [-0.4, -0.2) is 24.0 Å². The molecule has 0 fully saturated rings. The second-order valence-electron chi connectivity index (χ2n) is 6.35. The molecule has 2 unspecified atom stereocenters. The molecule has 0 heterocycles. The molecule has 0 radical (unpaired) electrons. The summed E-state index contributed by atoms with van der Waals surface area (Å²) in [7, 11) is 0. The fourth-order valence-electron chi connectivity index (χ4n) is 3.15. The largest absolute Gasteiger partial charge is 0.449 e. The zero-order valence-corrected chi connectivity index (χ0v) is 14.9. The van der Waals surface area contributed by atoms with E-state index in [4.69, 9.17) is 16.3 Å². The van der Waals surface area contributed by atoms with Gasteiger partial charge in [0.1, 0.15) is 6.61 Å². The Hall–Kier alpha value is -2.33. The van der Waals surface area contributed by atoms with Crippen molar-refractivity contribution in [2.75, 3.05) is 6.61 Å². The van der Waals surface area contributed by atoms with E-state index < -0.39 is 17.3 Å². The van der Waals surface area contributed by atoms with Crippen LogP contribution in [0, 0.1) is 5.92 Å². The Kier molecular flexibility index (Phi) is 5.09. The highest BCUT2D eigenvalue weighted by molar-refractivity contribution is 6.64. The standard InChI is InChI=1S/C20H20ClNO3/c1-12(19(21)23)13(2)22-20(24)25-11-18-16-9-5-3-7-14(16)15-8-4-6-10-17(15)18/h3-10,12-13,18H,11H2,1-2H3,(H,22,24). The summed E-state index contributed by atoms with van der Waals surface area (Å²) in [6, 6.07) is 15.9. The minimum atomic E-state index is -0.542. The molecule has 0 aliphatic heterocycles. The lowest BCUT2D eigenvalue weighted by Gasteiger charge is -2.19. The first kappa shape index (κ1) is 17.5. The number of halogens is 1. The van der Waals surface area contributed by atoms with Crippen molar-refractivity contribution in [1.29, 1.82) is 0 Å². The number of hydrogen-bond acceptors (Lipinski definition) is 3. The number of ether oxygens (including phenoxy) is 1. The monoisotopic (exact) mass is 357 g/mol. The van der Waals surface area contributed by atoms with Gasteiger partial charge in [0.15, 0.2) is 0 Å². The summed E-state index contributed by atoms with van der Waals surface area (Å²) < 4.78 is 5.44. The van der Waals surface area contributed by atoms with E-state index in [1.54, 1.807) is 13.8 Å². The Labute approximate surface area is 152 Å². The molecule has 0 spiro atoms. The van der Waals surface area contributed by atoms with Crippen molar-refractivity contribution in [2.45, 2.75) is 25.8 Å². The molecule has 5 heteroatoms. The molecule has 4 nitrogen and oxygen atoms in total. The van der Waals surface area contributed by atoms with Gasteiger partial charge in [-0.1, -0.05) is 55.5 Å². The molecule has 0 aromatic heterocycles. The number of rotatable bonds is 5. The van der Waals surface area contributed by atoms with Gasteiger partial charge in [0.05, 0.1) is 5.92 Å². The number of nitrogens with one attached hydrogen (secondary N) is 1. The number of benzene rings is 2. The van der Waals surface area contributed by atoms with Crippen LogP contribution in [0.2, 0.25) is 0 Å². The van der Waals surface area contributed by atoms with Crippen molar-refractivity contribution in [2.24, 2.45) is 5.92 Å². The fourth-order valence-corrected chi connectivity index (χ4v) is 3.34. The van der Waals surface area contributed by atoms with Gasteiger partial charge in [-0.3, -0.25) is 4.79 Å². The van der Waals surface area contributed by atoms with E-state index >= 15 is 0 Å². The first-order chi connectivity index (χ1) is 12.0. The first-order valence-corrected chi connectivity index (χ1v) is 8.67. The van der Waals surface area contributed by atoms with E-state index in [2.05, 4.69) is 29.6 Å². The molecule has 130 valence electrons. The van der Waals surface area contributed by atoms with Gasteiger partial charge in [-0.15, -0.1) is 0 Å². The van der Waals surface area contributed by atoms with Crippen molar-refractivity contribution in [3.8, 4) is 11.1 Å². The number of amides is 1. The van der Waals surface area contributed by atoms with Gasteiger partial charge in [0.25, 0.3) is 0 Å². The van der Waals surface area contributed by atoms with Gasteiger partial charge >= 0.3 is 6.09 Å². The van der Waals surface area contributed by atoms with Crippen LogP contribution < -0.4 is 5.32 Å². The Balaban J connectivity index is 1.69. The molecule has 1 aliphatic rings. The third-order valence-electron chi connectivity index (χ3n) is 4.80. The van der Waals surface area contributed by atoms with E-state index in [-0.39, 0.29) is 18.6 Å². The van der Waals surface area contributed by atoms with E-state index in [1.165, 1.54) is 11.1 Å². The highest BCUT2D eigenvalue weighted by Crippen LogP contribution is 2.44. The summed E-state index contributed by atoms with van der Waals surface area (Å²) >= 11 is 5.47. The zero-order valence-electron chi connectivity index (χ0n) is 14.2. The molecule has 2 atom stereocenters. The quantitative estimate of drug-likeness (QED) is 0.811. The van der Waals surface area contributed by atoms with Gasteiger partial charge in [-0.25, -0.2) is 4.79 Å². The molecule has 25 heavy (non-hydrogen) atoms. The number of alkyl carbamates (subject to hydrolysis) is 1. The van der Waals surface area contributed by atoms with Gasteiger partial charge in [0.2, 0.25) is 5.24 Å². The van der Waals surface area contributed by atoms with Crippen LogP contribution in [0.5, 0.6) is 0 Å². The van der Waals surface area contributed by atoms with Crippen LogP contribution in [0.4, 0.5) is 4.79 Å². The molecule has 3 rings (SSSR count). The maximum atomic E-state index is 12.1. The number of hydrogen-bond donors (Lipinski definition) is 1. The normalized spacial score (nSPS) is 15.0. The second kappa shape index (κ2) is 7.28. The van der Waals surface area contributed by atoms with Crippen molar-refractivity contribution >= 4 is 22.9 Å². The van der Waals surface area contributed by atoms with Crippen molar-refractivity contribution in [3.63, 3.8) is 0 Å². The molecule has 1 amide bonds. The van der Waals surface area contributed by atoms with Crippen LogP contribution in [0.1, 0.15) is 30.9 Å². The summed E-state index contributed by atoms with van der Waals surface area (Å²) in [4.78, 5) is 23.3. The number of carbonyl (C=O) groups is 2. The second-order valence-corrected chi connectivity index (χ2v) is 6.72. The summed E-state index contributed by atoms with van der Waals surface area (Å²) in [5, 5.41) is 2.19. The van der Waals surface area contributed by atoms with Gasteiger partial charge < -0.3 is 10.1 Å². The average Bonchev–Trinajstić information content (AvgIpc) is 2.93. The lowest BCUT2D eigenvalue weighted by atomic mass is 9.98. The molecule has 2 aromatic rings. The molecule has 1 N–H and O–H groups in total. The molecule has 0 bridgehead atoms. The van der Waals surface area contributed by atoms with E-state index in [1.807, 2.05) is 24.3 Å². The van der Waals surface area contributed by atoms with E-state index in [0.29, 0.717) is 0 Å². The average molecular weight is 358 g/mol. The summed E-state index contributed by atoms with van der Waals surface area (Å²) in [5.74, 6) is -0.456. The van der Waals surface area contributed by atoms with Gasteiger partial charge in [-0.05, 0) is 40.8 Å². The van der Waals surface area contributed by atoms with E-state index in [9.17, 15) is 9.59 Å². The third-order valence-corrected chi connectivity index (χ3v) is 5.14. The lowest BCUT2D eigenvalue weighted by Crippen LogP contribution is -2.39. The SMILES string of the molecule is CC(NC(=O)OCC1c2ccccc2-c2ccccc21)C(C)C(=O)Cl. The lowest BCUT2D eigenvalue weighted by molar-refractivity contribution is -0.115. The summed E-state index contributed by atoms with van der Waals surface area (Å²) in [6.45, 7) is 3.64. The van der Waals surface area contributed by atoms with Crippen molar-refractivity contribution in [3.05, 3.63) is 59.7 Å². The maximum absolute atomic E-state index is 12.1. The van der Waals surface area contributed by atoms with Gasteiger partial charge in [-0.2, -0.15) is 0 Å². The highest BCUT2D eigenvalue weighted by atomic mass is 35.5. The molecule has 0 saturated carbocycles. The molecule has 1 aliphatic carbocycles. The minimum Gasteiger partial charge on any atom is -0.449 e. The predicted molar refractivity (Wildman–Crippen MR) is 97.7 cm³/mol. The zero-order chi connectivity index (χ0) is 18.0. The first-order valence-electron chi connectivity index (χ1n) is 8.30. The molecular weight excluding hydrogens is 338 g/mol. The van der Waals surface area contributed by atoms with Crippen LogP contribution in [0.3, 0.4) is 0 Å². The smallest absolute Gasteiger partial charge is 0.407 e. The van der Waals surface area contributed by atoms with Crippen molar-refractivity contribution < 1.29 is 14.3 Å². The third kappa shape index (κ3) is 3.54. The Morgan fingerprint density at radius 3 is 2.08 bits per heavy atom. The minimum absolute atomic E-state index is 0.0144.